The van der Waals surface area contributed by atoms with Crippen molar-refractivity contribution >= 4 is 23.0 Å². The van der Waals surface area contributed by atoms with Gasteiger partial charge >= 0.3 is 0 Å². The monoisotopic (exact) mass is 480 g/mol. The molecule has 8 nitrogen and oxygen atoms in total. The van der Waals surface area contributed by atoms with Gasteiger partial charge in [0.15, 0.2) is 23.1 Å². The maximum absolute atomic E-state index is 6.55. The van der Waals surface area contributed by atoms with Gasteiger partial charge in [-0.05, 0) is 23.3 Å². The van der Waals surface area contributed by atoms with Crippen molar-refractivity contribution in [2.75, 3.05) is 48.9 Å². The largest absolute Gasteiger partial charge is 0.454 e. The van der Waals surface area contributed by atoms with Crippen molar-refractivity contribution in [3.8, 4) is 11.5 Å². The van der Waals surface area contributed by atoms with Crippen molar-refractivity contribution in [2.24, 2.45) is 0 Å². The number of nitrogen functional groups attached to an aromatic ring is 1. The lowest BCUT2D eigenvalue weighted by atomic mass is 9.96. The number of fused-ring (bicyclic) bond motifs is 1. The van der Waals surface area contributed by atoms with E-state index in [9.17, 15) is 0 Å². The molecule has 1 saturated heterocycles. The molecule has 1 aromatic heterocycles. The third-order valence-electron chi connectivity index (χ3n) is 6.71. The molecule has 0 atom stereocenters. The highest BCUT2D eigenvalue weighted by atomic mass is 16.7. The summed E-state index contributed by atoms with van der Waals surface area (Å²) in [4.78, 5) is 13.7. The fourth-order valence-electron chi connectivity index (χ4n) is 4.93. The highest BCUT2D eigenvalue weighted by molar-refractivity contribution is 5.78. The Morgan fingerprint density at radius 1 is 0.778 bits per heavy atom. The fraction of sp³-hybridized carbons (Fsp3) is 0.214. The molecule has 0 amide bonds. The topological polar surface area (TPSA) is 88.8 Å². The molecule has 0 spiro atoms. The van der Waals surface area contributed by atoms with Crippen LogP contribution in [0.5, 0.6) is 11.5 Å². The predicted octanol–water partition coefficient (Wildman–Crippen LogP) is 4.44. The molecule has 0 bridgehead atoms. The first-order valence-corrected chi connectivity index (χ1v) is 12.1. The van der Waals surface area contributed by atoms with Gasteiger partial charge in [0, 0.05) is 37.9 Å². The van der Waals surface area contributed by atoms with Crippen LogP contribution < -0.4 is 25.4 Å². The van der Waals surface area contributed by atoms with E-state index in [1.807, 2.05) is 18.2 Å². The van der Waals surface area contributed by atoms with Crippen molar-refractivity contribution in [1.82, 2.24) is 14.9 Å². The molecule has 1 fully saturated rings. The molecule has 0 saturated carbocycles. The van der Waals surface area contributed by atoms with Crippen molar-refractivity contribution in [1.29, 1.82) is 0 Å². The summed E-state index contributed by atoms with van der Waals surface area (Å²) >= 11 is 0. The Labute approximate surface area is 210 Å². The molecule has 3 N–H and O–H groups in total. The molecular weight excluding hydrogens is 452 g/mol. The van der Waals surface area contributed by atoms with Crippen LogP contribution in [-0.2, 0) is 0 Å². The molecule has 0 aliphatic carbocycles. The van der Waals surface area contributed by atoms with Gasteiger partial charge in [-0.15, -0.1) is 0 Å². The van der Waals surface area contributed by atoms with Crippen molar-refractivity contribution in [2.45, 2.75) is 6.04 Å². The molecule has 4 aromatic rings. The van der Waals surface area contributed by atoms with Gasteiger partial charge in [-0.25, -0.2) is 9.97 Å². The Hall–Kier alpha value is -4.30. The van der Waals surface area contributed by atoms with Crippen LogP contribution in [0.1, 0.15) is 17.2 Å². The van der Waals surface area contributed by atoms with Crippen LogP contribution in [0.3, 0.4) is 0 Å². The first-order chi connectivity index (χ1) is 17.8. The minimum Gasteiger partial charge on any atom is -0.454 e. The Morgan fingerprint density at radius 2 is 1.44 bits per heavy atom. The quantitative estimate of drug-likeness (QED) is 0.419. The Bertz CT molecular complexity index is 1290. The number of hydrogen-bond donors (Lipinski definition) is 2. The standard InChI is InChI=1S/C28H28N6O2/c29-25-27(32-22-11-12-23-24(17-22)36-19-35-23)30-18-31-28(25)34-15-13-33(14-16-34)26(20-7-3-1-4-8-20)21-9-5-2-6-10-21/h1-12,17-18,26H,13-16,19,29H2,(H,30,31,32). The maximum Gasteiger partial charge on any atom is 0.231 e. The van der Waals surface area contributed by atoms with E-state index in [4.69, 9.17) is 15.2 Å². The molecular formula is C28H28N6O2. The molecule has 2 aliphatic heterocycles. The number of aromatic nitrogens is 2. The van der Waals surface area contributed by atoms with Gasteiger partial charge in [-0.3, -0.25) is 4.90 Å². The Morgan fingerprint density at radius 3 is 2.14 bits per heavy atom. The van der Waals surface area contributed by atoms with E-state index in [2.05, 4.69) is 85.7 Å². The number of hydrogen-bond acceptors (Lipinski definition) is 8. The van der Waals surface area contributed by atoms with Crippen molar-refractivity contribution in [3.05, 3.63) is 96.3 Å². The minimum absolute atomic E-state index is 0.209. The number of nitrogens with zero attached hydrogens (tertiary/aromatic N) is 4. The molecule has 0 unspecified atom stereocenters. The molecule has 2 aliphatic rings. The van der Waals surface area contributed by atoms with Crippen LogP contribution >= 0.6 is 0 Å². The summed E-state index contributed by atoms with van der Waals surface area (Å²) in [5.74, 6) is 2.77. The van der Waals surface area contributed by atoms with Crippen molar-refractivity contribution in [3.63, 3.8) is 0 Å². The number of ether oxygens (including phenoxy) is 2. The van der Waals surface area contributed by atoms with Gasteiger partial charge in [0.05, 0.1) is 6.04 Å². The number of piperazine rings is 1. The van der Waals surface area contributed by atoms with Gasteiger partial charge in [0.2, 0.25) is 6.79 Å². The van der Waals surface area contributed by atoms with E-state index in [-0.39, 0.29) is 12.8 Å². The van der Waals surface area contributed by atoms with Crippen LogP contribution in [0.15, 0.2) is 85.2 Å². The smallest absolute Gasteiger partial charge is 0.231 e. The summed E-state index contributed by atoms with van der Waals surface area (Å²) in [5.41, 5.74) is 10.5. The van der Waals surface area contributed by atoms with Gasteiger partial charge < -0.3 is 25.4 Å². The molecule has 3 aromatic carbocycles. The molecule has 8 heteroatoms. The number of nitrogens with one attached hydrogen (secondary N) is 1. The van der Waals surface area contributed by atoms with Crippen LogP contribution in [0.2, 0.25) is 0 Å². The third-order valence-corrected chi connectivity index (χ3v) is 6.71. The summed E-state index contributed by atoms with van der Waals surface area (Å²) in [6, 6.07) is 27.3. The number of nitrogens with two attached hydrogens (primary N) is 1. The first kappa shape index (κ1) is 22.2. The second-order valence-corrected chi connectivity index (χ2v) is 8.90. The van der Waals surface area contributed by atoms with Gasteiger partial charge in [0.25, 0.3) is 0 Å². The van der Waals surface area contributed by atoms with E-state index < -0.39 is 0 Å². The van der Waals surface area contributed by atoms with Gasteiger partial charge in [0.1, 0.15) is 12.0 Å². The minimum atomic E-state index is 0.209. The summed E-state index contributed by atoms with van der Waals surface area (Å²) in [7, 11) is 0. The molecule has 36 heavy (non-hydrogen) atoms. The van der Waals surface area contributed by atoms with E-state index in [1.54, 1.807) is 6.33 Å². The molecule has 3 heterocycles. The summed E-state index contributed by atoms with van der Waals surface area (Å²) in [6.07, 6.45) is 1.56. The normalized spacial score (nSPS) is 15.3. The number of rotatable bonds is 6. The zero-order chi connectivity index (χ0) is 24.3. The van der Waals surface area contributed by atoms with Crippen molar-refractivity contribution < 1.29 is 9.47 Å². The van der Waals surface area contributed by atoms with E-state index >= 15 is 0 Å². The first-order valence-electron chi connectivity index (χ1n) is 12.1. The second-order valence-electron chi connectivity index (χ2n) is 8.90. The summed E-state index contributed by atoms with van der Waals surface area (Å²) < 4.78 is 10.9. The maximum atomic E-state index is 6.55. The average molecular weight is 481 g/mol. The number of anilines is 4. The second kappa shape index (κ2) is 9.75. The molecule has 6 rings (SSSR count). The zero-order valence-corrected chi connectivity index (χ0v) is 19.9. The van der Waals surface area contributed by atoms with Crippen LogP contribution in [0.25, 0.3) is 0 Å². The van der Waals surface area contributed by atoms with E-state index in [0.717, 1.165) is 43.4 Å². The highest BCUT2D eigenvalue weighted by Crippen LogP contribution is 2.37. The lowest BCUT2D eigenvalue weighted by Crippen LogP contribution is -2.48. The lowest BCUT2D eigenvalue weighted by molar-refractivity contribution is 0.174. The van der Waals surface area contributed by atoms with E-state index in [0.29, 0.717) is 17.3 Å². The van der Waals surface area contributed by atoms with Crippen LogP contribution in [0, 0.1) is 0 Å². The van der Waals surface area contributed by atoms with Gasteiger partial charge in [-0.2, -0.15) is 0 Å². The predicted molar refractivity (Wildman–Crippen MR) is 141 cm³/mol. The van der Waals surface area contributed by atoms with Crippen LogP contribution in [-0.4, -0.2) is 47.8 Å². The third kappa shape index (κ3) is 4.38. The van der Waals surface area contributed by atoms with E-state index in [1.165, 1.54) is 11.1 Å². The molecule has 0 radical (unpaired) electrons. The summed E-state index contributed by atoms with van der Waals surface area (Å²) in [5, 5.41) is 3.30. The summed E-state index contributed by atoms with van der Waals surface area (Å²) in [6.45, 7) is 3.66. The van der Waals surface area contributed by atoms with Gasteiger partial charge in [-0.1, -0.05) is 60.7 Å². The highest BCUT2D eigenvalue weighted by Gasteiger charge is 2.28. The average Bonchev–Trinajstić information content (AvgIpc) is 3.40. The Balaban J connectivity index is 1.19. The molecule has 182 valence electrons. The SMILES string of the molecule is Nc1c(Nc2ccc3c(c2)OCO3)ncnc1N1CCN(C(c2ccccc2)c2ccccc2)CC1. The Kier molecular flexibility index (Phi) is 6.01. The fourth-order valence-corrected chi connectivity index (χ4v) is 4.93. The zero-order valence-electron chi connectivity index (χ0n) is 19.9. The lowest BCUT2D eigenvalue weighted by Gasteiger charge is -2.40. The van der Waals surface area contributed by atoms with Crippen LogP contribution in [0.4, 0.5) is 23.0 Å². The number of benzene rings is 3.